The van der Waals surface area contributed by atoms with Crippen molar-refractivity contribution in [3.05, 3.63) is 60.7 Å². The van der Waals surface area contributed by atoms with Crippen LogP contribution in [-0.2, 0) is 10.1 Å². The van der Waals surface area contributed by atoms with Crippen LogP contribution in [0.5, 0.6) is 5.75 Å². The van der Waals surface area contributed by atoms with Gasteiger partial charge in [-0.3, -0.25) is 0 Å². The van der Waals surface area contributed by atoms with Crippen LogP contribution in [0.1, 0.15) is 0 Å². The van der Waals surface area contributed by atoms with E-state index in [2.05, 4.69) is 0 Å². The molecule has 1 unspecified atom stereocenters. The second-order valence-corrected chi connectivity index (χ2v) is 5.53. The van der Waals surface area contributed by atoms with Crippen LogP contribution < -0.4 is 4.18 Å². The zero-order chi connectivity index (χ0) is 11.2. The van der Waals surface area contributed by atoms with Crippen LogP contribution >= 0.6 is 10.8 Å². The van der Waals surface area contributed by atoms with Crippen molar-refractivity contribution in [2.45, 2.75) is 4.90 Å². The lowest BCUT2D eigenvalue weighted by Gasteiger charge is -2.03. The minimum atomic E-state index is -1.41. The summed E-state index contributed by atoms with van der Waals surface area (Å²) in [5, 5.41) is 0. The summed E-state index contributed by atoms with van der Waals surface area (Å²) in [7, 11) is -0.217. The van der Waals surface area contributed by atoms with E-state index in [1.165, 1.54) is 10.8 Å². The number of hydrogen-bond donors (Lipinski definition) is 0. The Kier molecular flexibility index (Phi) is 4.02. The molecule has 0 radical (unpaired) electrons. The fraction of sp³-hybridized carbons (Fsp3) is 0. The average molecular weight is 250 g/mol. The molecule has 0 saturated heterocycles. The monoisotopic (exact) mass is 250 g/mol. The van der Waals surface area contributed by atoms with Gasteiger partial charge in [-0.25, -0.2) is 4.21 Å². The lowest BCUT2D eigenvalue weighted by atomic mass is 10.3. The second kappa shape index (κ2) is 5.72. The molecule has 2 nitrogen and oxygen atoms in total. The van der Waals surface area contributed by atoms with Gasteiger partial charge in [0, 0.05) is 15.7 Å². The van der Waals surface area contributed by atoms with Crippen LogP contribution in [0.25, 0.3) is 0 Å². The highest BCUT2D eigenvalue weighted by Crippen LogP contribution is 2.23. The molecule has 0 spiro atoms. The summed E-state index contributed by atoms with van der Waals surface area (Å²) in [5.41, 5.74) is 0. The fourth-order valence-corrected chi connectivity index (χ4v) is 3.00. The Morgan fingerprint density at radius 1 is 0.875 bits per heavy atom. The van der Waals surface area contributed by atoms with Crippen molar-refractivity contribution >= 4 is 20.9 Å². The molecular weight excluding hydrogens is 240 g/mol. The van der Waals surface area contributed by atoms with Gasteiger partial charge in [0.1, 0.15) is 5.75 Å². The fourth-order valence-electron chi connectivity index (χ4n) is 1.13. The van der Waals surface area contributed by atoms with Crippen molar-refractivity contribution in [1.82, 2.24) is 0 Å². The molecule has 1 atom stereocenters. The molecule has 0 aliphatic rings. The van der Waals surface area contributed by atoms with Crippen molar-refractivity contribution < 1.29 is 8.39 Å². The number of rotatable bonds is 4. The third-order valence-electron chi connectivity index (χ3n) is 1.81. The Balaban J connectivity index is 1.95. The largest absolute Gasteiger partial charge is 0.392 e. The van der Waals surface area contributed by atoms with Gasteiger partial charge in [-0.05, 0) is 24.3 Å². The normalized spacial score (nSPS) is 12.0. The van der Waals surface area contributed by atoms with E-state index in [0.29, 0.717) is 5.75 Å². The van der Waals surface area contributed by atoms with E-state index in [9.17, 15) is 4.21 Å². The summed E-state index contributed by atoms with van der Waals surface area (Å²) in [5.74, 6) is 0.615. The third-order valence-corrected chi connectivity index (χ3v) is 3.93. The van der Waals surface area contributed by atoms with Crippen LogP contribution in [0.3, 0.4) is 0 Å². The first-order valence-electron chi connectivity index (χ1n) is 4.73. The molecule has 4 heteroatoms. The Hall–Kier alpha value is -1.26. The van der Waals surface area contributed by atoms with Crippen molar-refractivity contribution in [2.75, 3.05) is 0 Å². The average Bonchev–Trinajstić information content (AvgIpc) is 2.31. The lowest BCUT2D eigenvalue weighted by Crippen LogP contribution is -1.94. The summed E-state index contributed by atoms with van der Waals surface area (Å²) in [6.07, 6.45) is 0. The van der Waals surface area contributed by atoms with Gasteiger partial charge in [0.25, 0.3) is 10.1 Å². The molecule has 0 fully saturated rings. The van der Waals surface area contributed by atoms with Gasteiger partial charge < -0.3 is 4.18 Å². The molecule has 0 amide bonds. The Labute approximate surface area is 101 Å². The maximum Gasteiger partial charge on any atom is 0.276 e. The molecule has 0 saturated carbocycles. The first-order chi connectivity index (χ1) is 7.84. The van der Waals surface area contributed by atoms with Crippen LogP contribution in [0, 0.1) is 0 Å². The quantitative estimate of drug-likeness (QED) is 0.778. The van der Waals surface area contributed by atoms with E-state index in [1.807, 2.05) is 48.5 Å². The Morgan fingerprint density at radius 2 is 1.44 bits per heavy atom. The molecule has 2 rings (SSSR count). The number of para-hydroxylation sites is 1. The van der Waals surface area contributed by atoms with Gasteiger partial charge in [0.05, 0.1) is 0 Å². The number of benzene rings is 2. The SMILES string of the molecule is O=S(Oc1ccccc1)Sc1ccccc1. The van der Waals surface area contributed by atoms with Crippen LogP contribution in [0.4, 0.5) is 0 Å². The highest BCUT2D eigenvalue weighted by molar-refractivity contribution is 8.67. The van der Waals surface area contributed by atoms with Gasteiger partial charge in [0.15, 0.2) is 0 Å². The molecule has 2 aromatic carbocycles. The lowest BCUT2D eigenvalue weighted by molar-refractivity contribution is 0.577. The van der Waals surface area contributed by atoms with Gasteiger partial charge in [-0.1, -0.05) is 36.4 Å². The first-order valence-corrected chi connectivity index (χ1v) is 7.14. The van der Waals surface area contributed by atoms with Crippen LogP contribution in [0.15, 0.2) is 65.6 Å². The zero-order valence-electron chi connectivity index (χ0n) is 8.41. The second-order valence-electron chi connectivity index (χ2n) is 3.00. The van der Waals surface area contributed by atoms with E-state index in [0.717, 1.165) is 4.90 Å². The summed E-state index contributed by atoms with van der Waals surface area (Å²) < 4.78 is 16.9. The third kappa shape index (κ3) is 3.40. The van der Waals surface area contributed by atoms with E-state index >= 15 is 0 Å². The minimum Gasteiger partial charge on any atom is -0.392 e. The molecule has 0 bridgehead atoms. The highest BCUT2D eigenvalue weighted by Gasteiger charge is 2.04. The van der Waals surface area contributed by atoms with Gasteiger partial charge in [-0.2, -0.15) is 0 Å². The van der Waals surface area contributed by atoms with E-state index in [-0.39, 0.29) is 0 Å². The van der Waals surface area contributed by atoms with Gasteiger partial charge in [0.2, 0.25) is 0 Å². The minimum absolute atomic E-state index is 0.615. The standard InChI is InChI=1S/C12H10O2S2/c13-16(14-11-7-3-1-4-8-11)15-12-9-5-2-6-10-12/h1-10H. The molecular formula is C12H10O2S2. The first kappa shape index (κ1) is 11.2. The van der Waals surface area contributed by atoms with E-state index in [4.69, 9.17) is 4.18 Å². The summed E-state index contributed by atoms with van der Waals surface area (Å²) in [4.78, 5) is 0.928. The molecule has 0 aromatic heterocycles. The summed E-state index contributed by atoms with van der Waals surface area (Å²) >= 11 is 0. The van der Waals surface area contributed by atoms with Crippen molar-refractivity contribution in [2.24, 2.45) is 0 Å². The molecule has 0 aliphatic heterocycles. The predicted molar refractivity (Wildman–Crippen MR) is 67.5 cm³/mol. The summed E-state index contributed by atoms with van der Waals surface area (Å²) in [6.45, 7) is 0. The topological polar surface area (TPSA) is 26.3 Å². The smallest absolute Gasteiger partial charge is 0.276 e. The molecule has 0 heterocycles. The predicted octanol–water partition coefficient (Wildman–Crippen LogP) is 3.44. The summed E-state index contributed by atoms with van der Waals surface area (Å²) in [6, 6.07) is 18.7. The molecule has 0 N–H and O–H groups in total. The van der Waals surface area contributed by atoms with Crippen LogP contribution in [-0.4, -0.2) is 4.21 Å². The maximum atomic E-state index is 11.6. The van der Waals surface area contributed by atoms with E-state index in [1.54, 1.807) is 12.1 Å². The Bertz CT molecular complexity index is 413. The Morgan fingerprint density at radius 3 is 2.06 bits per heavy atom. The van der Waals surface area contributed by atoms with Crippen LogP contribution in [0.2, 0.25) is 0 Å². The molecule has 2 aromatic rings. The highest BCUT2D eigenvalue weighted by atomic mass is 33.1. The van der Waals surface area contributed by atoms with Gasteiger partial charge >= 0.3 is 0 Å². The van der Waals surface area contributed by atoms with Crippen molar-refractivity contribution in [1.29, 1.82) is 0 Å². The maximum absolute atomic E-state index is 11.6. The molecule has 0 aliphatic carbocycles. The van der Waals surface area contributed by atoms with Crippen molar-refractivity contribution in [3.8, 4) is 5.75 Å². The van der Waals surface area contributed by atoms with Gasteiger partial charge in [-0.15, -0.1) is 0 Å². The molecule has 16 heavy (non-hydrogen) atoms. The number of hydrogen-bond acceptors (Lipinski definition) is 3. The van der Waals surface area contributed by atoms with E-state index < -0.39 is 10.1 Å². The van der Waals surface area contributed by atoms with Crippen molar-refractivity contribution in [3.63, 3.8) is 0 Å². The molecule has 82 valence electrons. The zero-order valence-corrected chi connectivity index (χ0v) is 10.0.